The van der Waals surface area contributed by atoms with Gasteiger partial charge in [-0.3, -0.25) is 4.79 Å². The van der Waals surface area contributed by atoms with E-state index in [4.69, 9.17) is 14.2 Å². The Morgan fingerprint density at radius 3 is 2.03 bits per heavy atom. The second-order valence-electron chi connectivity index (χ2n) is 9.35. The van der Waals surface area contributed by atoms with E-state index in [1.807, 2.05) is 59.8 Å². The Labute approximate surface area is 186 Å². The van der Waals surface area contributed by atoms with Gasteiger partial charge in [-0.05, 0) is 96.0 Å². The number of hydrogen-bond donors (Lipinski definition) is 0. The largest absolute Gasteiger partial charge is 0.497 e. The van der Waals surface area contributed by atoms with Crippen LogP contribution < -0.4 is 14.2 Å². The summed E-state index contributed by atoms with van der Waals surface area (Å²) < 4.78 is 17.5. The zero-order valence-corrected chi connectivity index (χ0v) is 19.7. The first-order valence-electron chi connectivity index (χ1n) is 10.4. The summed E-state index contributed by atoms with van der Waals surface area (Å²) in [5.74, 6) is 2.04. The summed E-state index contributed by atoms with van der Waals surface area (Å²) in [5, 5.41) is 0. The third-order valence-corrected chi connectivity index (χ3v) is 4.18. The van der Waals surface area contributed by atoms with E-state index in [-0.39, 0.29) is 11.4 Å². The summed E-state index contributed by atoms with van der Waals surface area (Å²) in [4.78, 5) is 12.7. The van der Waals surface area contributed by atoms with Gasteiger partial charge in [0.05, 0.1) is 7.11 Å². The second-order valence-corrected chi connectivity index (χ2v) is 9.35. The highest BCUT2D eigenvalue weighted by Crippen LogP contribution is 2.35. The first-order valence-corrected chi connectivity index (χ1v) is 10.4. The first-order chi connectivity index (χ1) is 14.4. The number of allylic oxidation sites excluding steroid dienone is 2. The lowest BCUT2D eigenvalue weighted by Gasteiger charge is -2.27. The van der Waals surface area contributed by atoms with E-state index in [0.29, 0.717) is 23.5 Å². The van der Waals surface area contributed by atoms with Crippen molar-refractivity contribution in [2.45, 2.75) is 59.2 Å². The minimum Gasteiger partial charge on any atom is -0.497 e. The predicted octanol–water partition coefficient (Wildman–Crippen LogP) is 6.67. The van der Waals surface area contributed by atoms with E-state index >= 15 is 0 Å². The zero-order valence-electron chi connectivity index (χ0n) is 19.7. The van der Waals surface area contributed by atoms with E-state index in [1.165, 1.54) is 0 Å². The summed E-state index contributed by atoms with van der Waals surface area (Å²) in [6.45, 7) is 15.9. The molecule has 2 aromatic rings. The molecule has 0 amide bonds. The molecule has 4 nitrogen and oxygen atoms in total. The topological polar surface area (TPSA) is 44.8 Å². The van der Waals surface area contributed by atoms with Crippen LogP contribution in [0.1, 0.15) is 63.0 Å². The van der Waals surface area contributed by atoms with Crippen molar-refractivity contribution in [2.75, 3.05) is 7.11 Å². The summed E-state index contributed by atoms with van der Waals surface area (Å²) >= 11 is 0. The molecule has 0 heterocycles. The lowest BCUT2D eigenvalue weighted by molar-refractivity contribution is 0.104. The molecular weight excluding hydrogens is 388 g/mol. The molecule has 0 saturated carbocycles. The van der Waals surface area contributed by atoms with Gasteiger partial charge in [0.2, 0.25) is 0 Å². The van der Waals surface area contributed by atoms with Crippen molar-refractivity contribution in [3.8, 4) is 17.2 Å². The molecule has 0 aliphatic carbocycles. The minimum absolute atomic E-state index is 0.0929. The molecule has 0 fully saturated rings. The summed E-state index contributed by atoms with van der Waals surface area (Å²) in [6, 6.07) is 11.0. The molecule has 0 saturated heterocycles. The highest BCUT2D eigenvalue weighted by molar-refractivity contribution is 6.07. The number of carbonyl (C=O) groups excluding carboxylic acids is 1. The van der Waals surface area contributed by atoms with Crippen LogP contribution in [0.15, 0.2) is 55.1 Å². The highest BCUT2D eigenvalue weighted by Gasteiger charge is 2.20. The molecule has 4 heteroatoms. The number of ketones is 1. The third kappa shape index (κ3) is 7.63. The van der Waals surface area contributed by atoms with Gasteiger partial charge in [0.15, 0.2) is 5.78 Å². The van der Waals surface area contributed by atoms with Crippen molar-refractivity contribution in [3.63, 3.8) is 0 Å². The summed E-state index contributed by atoms with van der Waals surface area (Å²) in [5.41, 5.74) is 1.64. The first kappa shape index (κ1) is 24.3. The van der Waals surface area contributed by atoms with Crippen LogP contribution in [0.3, 0.4) is 0 Å². The molecule has 31 heavy (non-hydrogen) atoms. The molecule has 0 aliphatic rings. The number of carbonyl (C=O) groups is 1. The Bertz CT molecular complexity index is 939. The smallest absolute Gasteiger partial charge is 0.185 e. The molecule has 2 rings (SSSR count). The zero-order chi connectivity index (χ0) is 23.2. The van der Waals surface area contributed by atoms with Gasteiger partial charge in [0.1, 0.15) is 28.5 Å². The SMILES string of the molecule is C=CCc1cc(/C=C/C(=O)c2ccc(OC)cc2)c(OC(C)(C)C)cc1OC(C)(C)C. The molecule has 0 unspecified atom stereocenters. The van der Waals surface area contributed by atoms with E-state index in [9.17, 15) is 4.79 Å². The predicted molar refractivity (Wildman–Crippen MR) is 127 cm³/mol. The Balaban J connectivity index is 2.46. The van der Waals surface area contributed by atoms with Gasteiger partial charge in [0, 0.05) is 17.2 Å². The minimum atomic E-state index is -0.401. The fourth-order valence-corrected chi connectivity index (χ4v) is 2.93. The summed E-state index contributed by atoms with van der Waals surface area (Å²) in [7, 11) is 1.60. The van der Waals surface area contributed by atoms with Crippen LogP contribution in [0.2, 0.25) is 0 Å². The van der Waals surface area contributed by atoms with Crippen molar-refractivity contribution in [3.05, 3.63) is 71.8 Å². The Morgan fingerprint density at radius 2 is 1.52 bits per heavy atom. The fraction of sp³-hybridized carbons (Fsp3) is 0.370. The maximum atomic E-state index is 12.7. The van der Waals surface area contributed by atoms with Crippen LogP contribution in [0.4, 0.5) is 0 Å². The van der Waals surface area contributed by atoms with Gasteiger partial charge in [-0.15, -0.1) is 6.58 Å². The molecule has 0 bridgehead atoms. The summed E-state index contributed by atoms with van der Waals surface area (Å²) in [6.07, 6.45) is 5.84. The van der Waals surface area contributed by atoms with E-state index in [1.54, 1.807) is 43.5 Å². The maximum Gasteiger partial charge on any atom is 0.185 e. The molecule has 0 spiro atoms. The van der Waals surface area contributed by atoms with Gasteiger partial charge in [-0.2, -0.15) is 0 Å². The highest BCUT2D eigenvalue weighted by atomic mass is 16.5. The van der Waals surface area contributed by atoms with Gasteiger partial charge in [-0.1, -0.05) is 6.08 Å². The number of rotatable bonds is 8. The number of benzene rings is 2. The number of methoxy groups -OCH3 is 1. The number of hydrogen-bond acceptors (Lipinski definition) is 4. The van der Waals surface area contributed by atoms with Crippen molar-refractivity contribution < 1.29 is 19.0 Å². The molecule has 0 radical (unpaired) electrons. The number of ether oxygens (including phenoxy) is 3. The lowest BCUT2D eigenvalue weighted by Crippen LogP contribution is -2.25. The van der Waals surface area contributed by atoms with Crippen molar-refractivity contribution in [1.29, 1.82) is 0 Å². The van der Waals surface area contributed by atoms with Crippen molar-refractivity contribution >= 4 is 11.9 Å². The van der Waals surface area contributed by atoms with Crippen LogP contribution in [0.5, 0.6) is 17.2 Å². The van der Waals surface area contributed by atoms with Crippen LogP contribution in [-0.2, 0) is 6.42 Å². The maximum absolute atomic E-state index is 12.7. The lowest BCUT2D eigenvalue weighted by atomic mass is 10.0. The second kappa shape index (κ2) is 9.86. The quantitative estimate of drug-likeness (QED) is 0.271. The Hall–Kier alpha value is -3.01. The van der Waals surface area contributed by atoms with Crippen LogP contribution >= 0.6 is 0 Å². The van der Waals surface area contributed by atoms with Crippen LogP contribution in [0, 0.1) is 0 Å². The molecule has 0 N–H and O–H groups in total. The van der Waals surface area contributed by atoms with Gasteiger partial charge in [-0.25, -0.2) is 0 Å². The Kier molecular flexibility index (Phi) is 7.72. The van der Waals surface area contributed by atoms with Crippen LogP contribution in [-0.4, -0.2) is 24.1 Å². The van der Waals surface area contributed by atoms with E-state index in [0.717, 1.165) is 16.9 Å². The molecule has 2 aromatic carbocycles. The van der Waals surface area contributed by atoms with Crippen LogP contribution in [0.25, 0.3) is 6.08 Å². The van der Waals surface area contributed by atoms with Gasteiger partial charge < -0.3 is 14.2 Å². The third-order valence-electron chi connectivity index (χ3n) is 4.18. The molecule has 0 atom stereocenters. The molecule has 0 aliphatic heterocycles. The average Bonchev–Trinajstić information content (AvgIpc) is 2.66. The monoisotopic (exact) mass is 422 g/mol. The van der Waals surface area contributed by atoms with Gasteiger partial charge >= 0.3 is 0 Å². The van der Waals surface area contributed by atoms with Crippen molar-refractivity contribution in [1.82, 2.24) is 0 Å². The average molecular weight is 423 g/mol. The van der Waals surface area contributed by atoms with Crippen molar-refractivity contribution in [2.24, 2.45) is 0 Å². The molecular formula is C27H34O4. The Morgan fingerprint density at radius 1 is 0.935 bits per heavy atom. The molecule has 166 valence electrons. The molecule has 0 aromatic heterocycles. The van der Waals surface area contributed by atoms with E-state index in [2.05, 4.69) is 6.58 Å². The normalized spacial score (nSPS) is 12.0. The fourth-order valence-electron chi connectivity index (χ4n) is 2.93. The standard InChI is InChI=1S/C27H34O4/c1-9-10-20-17-21(13-16-23(28)19-11-14-22(29-8)15-12-19)25(31-27(5,6)7)18-24(20)30-26(2,3)4/h9,11-18H,1,10H2,2-8H3/b16-13+. The van der Waals surface area contributed by atoms with E-state index < -0.39 is 5.60 Å². The van der Waals surface area contributed by atoms with Gasteiger partial charge in [0.25, 0.3) is 0 Å².